The predicted octanol–water partition coefficient (Wildman–Crippen LogP) is 4.21. The molecule has 1 aliphatic carbocycles. The highest BCUT2D eigenvalue weighted by molar-refractivity contribution is 5.86. The lowest BCUT2D eigenvalue weighted by Crippen LogP contribution is -2.24. The molecule has 1 aliphatic rings. The zero-order valence-electron chi connectivity index (χ0n) is 14.7. The first-order valence-electron chi connectivity index (χ1n) is 9.13. The monoisotopic (exact) mass is 332 g/mol. The summed E-state index contributed by atoms with van der Waals surface area (Å²) in [5, 5.41) is 4.39. The summed E-state index contributed by atoms with van der Waals surface area (Å²) < 4.78 is 0. The number of aromatic amines is 1. The summed E-state index contributed by atoms with van der Waals surface area (Å²) >= 11 is 0. The fraction of sp³-hybridized carbons (Fsp3) is 0.318. The molecule has 2 aromatic carbocycles. The highest BCUT2D eigenvalue weighted by atomic mass is 16.1. The molecule has 3 aromatic rings. The molecule has 0 radical (unpaired) electrons. The molecule has 0 aliphatic heterocycles. The standard InChI is InChI=1S/C22H24N2O/c1-15-5-4-6-16(11-15)13-22(25)23-14-17-9-10-21-19(12-17)18-7-2-3-8-20(18)24-21/h4-6,9-12,24H,2-3,7-8,13-14H2,1H3,(H,23,25). The van der Waals surface area contributed by atoms with Gasteiger partial charge in [-0.3, -0.25) is 4.79 Å². The second kappa shape index (κ2) is 6.75. The van der Waals surface area contributed by atoms with Crippen molar-refractivity contribution in [2.24, 2.45) is 0 Å². The molecule has 1 aromatic heterocycles. The molecule has 25 heavy (non-hydrogen) atoms. The SMILES string of the molecule is Cc1cccc(CC(=O)NCc2ccc3[nH]c4c(c3c2)CCCC4)c1. The minimum atomic E-state index is 0.0711. The second-order valence-electron chi connectivity index (χ2n) is 7.11. The van der Waals surface area contributed by atoms with E-state index < -0.39 is 0 Å². The average Bonchev–Trinajstić information content (AvgIpc) is 2.98. The molecule has 0 saturated carbocycles. The van der Waals surface area contributed by atoms with Gasteiger partial charge < -0.3 is 10.3 Å². The van der Waals surface area contributed by atoms with Crippen LogP contribution >= 0.6 is 0 Å². The Morgan fingerprint density at radius 1 is 1.08 bits per heavy atom. The summed E-state index contributed by atoms with van der Waals surface area (Å²) in [6.07, 6.45) is 5.31. The van der Waals surface area contributed by atoms with Gasteiger partial charge >= 0.3 is 0 Å². The Balaban J connectivity index is 1.44. The number of hydrogen-bond donors (Lipinski definition) is 2. The number of benzene rings is 2. The van der Waals surface area contributed by atoms with E-state index in [-0.39, 0.29) is 5.91 Å². The van der Waals surface area contributed by atoms with Gasteiger partial charge in [0.2, 0.25) is 5.91 Å². The van der Waals surface area contributed by atoms with Crippen LogP contribution in [0.25, 0.3) is 10.9 Å². The Bertz CT molecular complexity index is 923. The molecule has 3 heteroatoms. The van der Waals surface area contributed by atoms with Crippen LogP contribution < -0.4 is 5.32 Å². The summed E-state index contributed by atoms with van der Waals surface area (Å²) in [7, 11) is 0. The van der Waals surface area contributed by atoms with E-state index in [1.165, 1.54) is 47.0 Å². The van der Waals surface area contributed by atoms with Gasteiger partial charge in [-0.25, -0.2) is 0 Å². The van der Waals surface area contributed by atoms with Crippen molar-refractivity contribution in [1.82, 2.24) is 10.3 Å². The number of carbonyl (C=O) groups is 1. The molecule has 0 unspecified atom stereocenters. The smallest absolute Gasteiger partial charge is 0.224 e. The number of amides is 1. The molecule has 1 heterocycles. The molecule has 0 bridgehead atoms. The number of aryl methyl sites for hydroxylation is 3. The molecular formula is C22H24N2O. The number of fused-ring (bicyclic) bond motifs is 3. The highest BCUT2D eigenvalue weighted by Crippen LogP contribution is 2.29. The van der Waals surface area contributed by atoms with E-state index >= 15 is 0 Å². The molecular weight excluding hydrogens is 308 g/mol. The number of rotatable bonds is 4. The van der Waals surface area contributed by atoms with Crippen molar-refractivity contribution >= 4 is 16.8 Å². The minimum Gasteiger partial charge on any atom is -0.358 e. The van der Waals surface area contributed by atoms with Crippen LogP contribution in [0, 0.1) is 6.92 Å². The lowest BCUT2D eigenvalue weighted by molar-refractivity contribution is -0.120. The first kappa shape index (κ1) is 15.9. The molecule has 2 N–H and O–H groups in total. The summed E-state index contributed by atoms with van der Waals surface area (Å²) in [5.74, 6) is 0.0711. The van der Waals surface area contributed by atoms with E-state index in [1.807, 2.05) is 25.1 Å². The van der Waals surface area contributed by atoms with Crippen LogP contribution in [0.3, 0.4) is 0 Å². The second-order valence-corrected chi connectivity index (χ2v) is 7.11. The zero-order valence-corrected chi connectivity index (χ0v) is 14.7. The van der Waals surface area contributed by atoms with Crippen molar-refractivity contribution in [1.29, 1.82) is 0 Å². The lowest BCUT2D eigenvalue weighted by atomic mass is 9.95. The van der Waals surface area contributed by atoms with E-state index in [1.54, 1.807) is 0 Å². The van der Waals surface area contributed by atoms with Crippen molar-refractivity contribution in [3.63, 3.8) is 0 Å². The molecule has 1 amide bonds. The third-order valence-corrected chi connectivity index (χ3v) is 5.10. The summed E-state index contributed by atoms with van der Waals surface area (Å²) in [5.41, 5.74) is 7.52. The van der Waals surface area contributed by atoms with E-state index in [4.69, 9.17) is 0 Å². The Hall–Kier alpha value is -2.55. The molecule has 0 fully saturated rings. The van der Waals surface area contributed by atoms with Crippen molar-refractivity contribution < 1.29 is 4.79 Å². The van der Waals surface area contributed by atoms with Gasteiger partial charge in [0.15, 0.2) is 0 Å². The van der Waals surface area contributed by atoms with Gasteiger partial charge in [-0.15, -0.1) is 0 Å². The van der Waals surface area contributed by atoms with Gasteiger partial charge in [-0.2, -0.15) is 0 Å². The Kier molecular flexibility index (Phi) is 4.31. The maximum absolute atomic E-state index is 12.2. The van der Waals surface area contributed by atoms with Crippen LogP contribution in [0.5, 0.6) is 0 Å². The Morgan fingerprint density at radius 3 is 2.84 bits per heavy atom. The van der Waals surface area contributed by atoms with Gasteiger partial charge in [0.25, 0.3) is 0 Å². The number of nitrogens with one attached hydrogen (secondary N) is 2. The third kappa shape index (κ3) is 3.46. The van der Waals surface area contributed by atoms with E-state index in [9.17, 15) is 4.79 Å². The molecule has 3 nitrogen and oxygen atoms in total. The fourth-order valence-electron chi connectivity index (χ4n) is 3.83. The van der Waals surface area contributed by atoms with Crippen LogP contribution in [0.2, 0.25) is 0 Å². The zero-order chi connectivity index (χ0) is 17.2. The van der Waals surface area contributed by atoms with Crippen LogP contribution in [-0.2, 0) is 30.6 Å². The van der Waals surface area contributed by atoms with Gasteiger partial charge in [-0.1, -0.05) is 35.9 Å². The van der Waals surface area contributed by atoms with E-state index in [2.05, 4.69) is 34.6 Å². The summed E-state index contributed by atoms with van der Waals surface area (Å²) in [6.45, 7) is 2.63. The first-order chi connectivity index (χ1) is 12.2. The van der Waals surface area contributed by atoms with Crippen molar-refractivity contribution in [3.05, 3.63) is 70.4 Å². The maximum atomic E-state index is 12.2. The number of H-pyrrole nitrogens is 1. The topological polar surface area (TPSA) is 44.9 Å². The molecule has 0 saturated heterocycles. The quantitative estimate of drug-likeness (QED) is 0.738. The minimum absolute atomic E-state index is 0.0711. The molecule has 128 valence electrons. The van der Waals surface area contributed by atoms with E-state index in [0.29, 0.717) is 13.0 Å². The van der Waals surface area contributed by atoms with Crippen LogP contribution in [0.1, 0.15) is 40.8 Å². The summed E-state index contributed by atoms with van der Waals surface area (Å²) in [4.78, 5) is 15.8. The largest absolute Gasteiger partial charge is 0.358 e. The number of aromatic nitrogens is 1. The summed E-state index contributed by atoms with van der Waals surface area (Å²) in [6, 6.07) is 14.6. The first-order valence-corrected chi connectivity index (χ1v) is 9.13. The Morgan fingerprint density at radius 2 is 1.96 bits per heavy atom. The molecule has 4 rings (SSSR count). The average molecular weight is 332 g/mol. The number of carbonyl (C=O) groups excluding carboxylic acids is 1. The maximum Gasteiger partial charge on any atom is 0.224 e. The third-order valence-electron chi connectivity index (χ3n) is 5.10. The van der Waals surface area contributed by atoms with Gasteiger partial charge in [0.05, 0.1) is 6.42 Å². The lowest BCUT2D eigenvalue weighted by Gasteiger charge is -2.11. The molecule has 0 atom stereocenters. The van der Waals surface area contributed by atoms with Gasteiger partial charge in [-0.05, 0) is 61.4 Å². The number of hydrogen-bond acceptors (Lipinski definition) is 1. The molecule has 0 spiro atoms. The normalized spacial score (nSPS) is 13.6. The van der Waals surface area contributed by atoms with Gasteiger partial charge in [0, 0.05) is 23.1 Å². The highest BCUT2D eigenvalue weighted by Gasteiger charge is 2.15. The van der Waals surface area contributed by atoms with E-state index in [0.717, 1.165) is 17.5 Å². The van der Waals surface area contributed by atoms with Crippen LogP contribution in [0.15, 0.2) is 42.5 Å². The van der Waals surface area contributed by atoms with Crippen molar-refractivity contribution in [2.75, 3.05) is 0 Å². The van der Waals surface area contributed by atoms with Crippen LogP contribution in [0.4, 0.5) is 0 Å². The van der Waals surface area contributed by atoms with Crippen molar-refractivity contribution in [2.45, 2.75) is 45.6 Å². The fourth-order valence-corrected chi connectivity index (χ4v) is 3.83. The van der Waals surface area contributed by atoms with Gasteiger partial charge in [0.1, 0.15) is 0 Å². The van der Waals surface area contributed by atoms with Crippen molar-refractivity contribution in [3.8, 4) is 0 Å². The van der Waals surface area contributed by atoms with Crippen LogP contribution in [-0.4, -0.2) is 10.9 Å². The Labute approximate surface area is 148 Å². The predicted molar refractivity (Wildman–Crippen MR) is 102 cm³/mol.